The molecule has 1 amide bonds. The Morgan fingerprint density at radius 1 is 1.10 bits per heavy atom. The largest absolute Gasteiger partial charge is 0.341 e. The second-order valence-corrected chi connectivity index (χ2v) is 8.81. The average Bonchev–Trinajstić information content (AvgIpc) is 3.18. The van der Waals surface area contributed by atoms with Gasteiger partial charge in [-0.05, 0) is 55.5 Å². The highest BCUT2D eigenvalue weighted by molar-refractivity contribution is 5.88. The molecular weight excluding hydrogens is 358 g/mol. The quantitative estimate of drug-likeness (QED) is 0.824. The summed E-state index contributed by atoms with van der Waals surface area (Å²) in [6.07, 6.45) is 4.75. The van der Waals surface area contributed by atoms with Crippen LogP contribution in [-0.4, -0.2) is 54.5 Å². The Morgan fingerprint density at radius 2 is 1.76 bits per heavy atom. The van der Waals surface area contributed by atoms with Crippen LogP contribution in [0.25, 0.3) is 0 Å². The number of amides is 1. The predicted octanol–water partition coefficient (Wildman–Crippen LogP) is 2.90. The number of carbonyl (C=O) groups is 1. The van der Waals surface area contributed by atoms with Gasteiger partial charge in [-0.1, -0.05) is 54.6 Å². The van der Waals surface area contributed by atoms with E-state index in [0.29, 0.717) is 18.4 Å². The van der Waals surface area contributed by atoms with Gasteiger partial charge in [0.15, 0.2) is 0 Å². The number of hydrogen-bond acceptors (Lipinski definition) is 3. The van der Waals surface area contributed by atoms with Crippen LogP contribution < -0.4 is 5.73 Å². The van der Waals surface area contributed by atoms with Crippen LogP contribution in [0, 0.1) is 5.92 Å². The maximum absolute atomic E-state index is 13.9. The third kappa shape index (κ3) is 4.10. The molecule has 4 rings (SSSR count). The summed E-state index contributed by atoms with van der Waals surface area (Å²) >= 11 is 0. The number of likely N-dealkylation sites (tertiary alicyclic amines) is 1. The third-order valence-corrected chi connectivity index (χ3v) is 6.93. The first kappa shape index (κ1) is 20.1. The fourth-order valence-corrected chi connectivity index (χ4v) is 5.07. The summed E-state index contributed by atoms with van der Waals surface area (Å²) in [5.74, 6) is 0.727. The number of fused-ring (bicyclic) bond motifs is 1. The van der Waals surface area contributed by atoms with Crippen molar-refractivity contribution in [1.82, 2.24) is 9.80 Å². The summed E-state index contributed by atoms with van der Waals surface area (Å²) in [6, 6.07) is 19.1. The van der Waals surface area contributed by atoms with Crippen molar-refractivity contribution in [1.29, 1.82) is 0 Å². The predicted molar refractivity (Wildman–Crippen MR) is 118 cm³/mol. The lowest BCUT2D eigenvalue weighted by atomic mass is 9.89. The van der Waals surface area contributed by atoms with Gasteiger partial charge in [0.25, 0.3) is 0 Å². The summed E-state index contributed by atoms with van der Waals surface area (Å²) in [7, 11) is 2.14. The highest BCUT2D eigenvalue weighted by Crippen LogP contribution is 2.36. The molecule has 1 fully saturated rings. The second kappa shape index (κ2) is 8.68. The maximum Gasteiger partial charge on any atom is 0.243 e. The van der Waals surface area contributed by atoms with Gasteiger partial charge in [0, 0.05) is 32.5 Å². The first-order valence-electron chi connectivity index (χ1n) is 10.9. The van der Waals surface area contributed by atoms with E-state index in [2.05, 4.69) is 71.4 Å². The molecule has 29 heavy (non-hydrogen) atoms. The van der Waals surface area contributed by atoms with Crippen molar-refractivity contribution < 1.29 is 4.79 Å². The molecule has 1 aliphatic heterocycles. The van der Waals surface area contributed by atoms with E-state index in [1.807, 2.05) is 0 Å². The fourth-order valence-electron chi connectivity index (χ4n) is 5.07. The summed E-state index contributed by atoms with van der Waals surface area (Å²) in [5.41, 5.74) is 9.42. The van der Waals surface area contributed by atoms with Gasteiger partial charge in [0.1, 0.15) is 5.54 Å². The average molecular weight is 392 g/mol. The van der Waals surface area contributed by atoms with Crippen molar-refractivity contribution in [2.45, 2.75) is 37.6 Å². The van der Waals surface area contributed by atoms with E-state index >= 15 is 0 Å². The zero-order valence-electron chi connectivity index (χ0n) is 17.5. The monoisotopic (exact) mass is 391 g/mol. The number of hydrogen-bond donors (Lipinski definition) is 1. The van der Waals surface area contributed by atoms with Crippen LogP contribution >= 0.6 is 0 Å². The van der Waals surface area contributed by atoms with Gasteiger partial charge >= 0.3 is 0 Å². The van der Waals surface area contributed by atoms with Gasteiger partial charge in [-0.25, -0.2) is 0 Å². The van der Waals surface area contributed by atoms with Gasteiger partial charge in [-0.2, -0.15) is 0 Å². The van der Waals surface area contributed by atoms with Gasteiger partial charge in [0.2, 0.25) is 5.91 Å². The number of piperidine rings is 1. The molecular formula is C25H33N3O. The number of carbonyl (C=O) groups excluding carboxylic acids is 1. The minimum absolute atomic E-state index is 0.294. The lowest BCUT2D eigenvalue weighted by Crippen LogP contribution is -2.61. The molecule has 0 bridgehead atoms. The molecule has 0 radical (unpaired) electrons. The van der Waals surface area contributed by atoms with Gasteiger partial charge in [0.05, 0.1) is 0 Å². The molecule has 2 aromatic carbocycles. The zero-order chi connectivity index (χ0) is 20.3. The van der Waals surface area contributed by atoms with Gasteiger partial charge < -0.3 is 10.6 Å². The maximum atomic E-state index is 13.9. The SMILES string of the molecule is CN(CCc1ccccc1)C1(C(=O)N2CCCC(CN)C2)Cc2ccccc2C1. The Hall–Kier alpha value is -2.17. The molecule has 2 N–H and O–H groups in total. The van der Waals surface area contributed by atoms with Crippen LogP contribution in [0.5, 0.6) is 0 Å². The lowest BCUT2D eigenvalue weighted by Gasteiger charge is -2.43. The molecule has 4 nitrogen and oxygen atoms in total. The molecule has 1 aliphatic carbocycles. The van der Waals surface area contributed by atoms with Crippen molar-refractivity contribution in [3.05, 3.63) is 71.3 Å². The molecule has 0 spiro atoms. The van der Waals surface area contributed by atoms with Gasteiger partial charge in [-0.15, -0.1) is 0 Å². The fraction of sp³-hybridized carbons (Fsp3) is 0.480. The van der Waals surface area contributed by atoms with Crippen LogP contribution in [0.2, 0.25) is 0 Å². The van der Waals surface area contributed by atoms with Crippen molar-refractivity contribution in [2.24, 2.45) is 11.7 Å². The van der Waals surface area contributed by atoms with Crippen molar-refractivity contribution in [2.75, 3.05) is 33.2 Å². The van der Waals surface area contributed by atoms with E-state index < -0.39 is 5.54 Å². The Morgan fingerprint density at radius 3 is 2.41 bits per heavy atom. The molecule has 1 saturated heterocycles. The van der Waals surface area contributed by atoms with Crippen LogP contribution in [0.15, 0.2) is 54.6 Å². The molecule has 2 aromatic rings. The molecule has 0 aromatic heterocycles. The van der Waals surface area contributed by atoms with Gasteiger partial charge in [-0.3, -0.25) is 9.69 Å². The standard InChI is InChI=1S/C25H33N3O/c1-27(15-13-20-8-3-2-4-9-20)25(16-22-11-5-6-12-23(22)17-25)24(29)28-14-7-10-21(18-26)19-28/h2-6,8-9,11-12,21H,7,10,13-19,26H2,1H3. The first-order valence-corrected chi connectivity index (χ1v) is 10.9. The molecule has 0 saturated carbocycles. The Labute approximate surface area is 174 Å². The second-order valence-electron chi connectivity index (χ2n) is 8.81. The van der Waals surface area contributed by atoms with Crippen molar-refractivity contribution in [3.63, 3.8) is 0 Å². The molecule has 1 unspecified atom stereocenters. The number of nitrogens with zero attached hydrogens (tertiary/aromatic N) is 2. The summed E-state index contributed by atoms with van der Waals surface area (Å²) < 4.78 is 0. The summed E-state index contributed by atoms with van der Waals surface area (Å²) in [6.45, 7) is 3.21. The Balaban J connectivity index is 1.57. The molecule has 2 aliphatic rings. The number of likely N-dealkylation sites (N-methyl/N-ethyl adjacent to an activating group) is 1. The first-order chi connectivity index (χ1) is 14.1. The smallest absolute Gasteiger partial charge is 0.243 e. The van der Waals surface area contributed by atoms with Crippen LogP contribution in [-0.2, 0) is 24.1 Å². The lowest BCUT2D eigenvalue weighted by molar-refractivity contribution is -0.145. The number of benzene rings is 2. The Kier molecular flexibility index (Phi) is 6.02. The number of nitrogens with two attached hydrogens (primary N) is 1. The minimum Gasteiger partial charge on any atom is -0.341 e. The highest BCUT2D eigenvalue weighted by atomic mass is 16.2. The minimum atomic E-state index is -0.477. The van der Waals surface area contributed by atoms with E-state index in [-0.39, 0.29) is 0 Å². The topological polar surface area (TPSA) is 49.6 Å². The highest BCUT2D eigenvalue weighted by Gasteiger charge is 2.49. The molecule has 154 valence electrons. The van der Waals surface area contributed by atoms with Crippen molar-refractivity contribution in [3.8, 4) is 0 Å². The van der Waals surface area contributed by atoms with Crippen molar-refractivity contribution >= 4 is 5.91 Å². The molecule has 4 heteroatoms. The van der Waals surface area contributed by atoms with E-state index in [1.165, 1.54) is 16.7 Å². The van der Waals surface area contributed by atoms with E-state index in [1.54, 1.807) is 0 Å². The normalized spacial score (nSPS) is 20.7. The van der Waals surface area contributed by atoms with E-state index in [0.717, 1.165) is 51.7 Å². The number of rotatable bonds is 6. The third-order valence-electron chi connectivity index (χ3n) is 6.93. The summed E-state index contributed by atoms with van der Waals surface area (Å²) in [4.78, 5) is 18.4. The van der Waals surface area contributed by atoms with E-state index in [9.17, 15) is 4.79 Å². The zero-order valence-corrected chi connectivity index (χ0v) is 17.5. The molecule has 1 atom stereocenters. The Bertz CT molecular complexity index is 810. The van der Waals surface area contributed by atoms with E-state index in [4.69, 9.17) is 5.73 Å². The van der Waals surface area contributed by atoms with Crippen LogP contribution in [0.1, 0.15) is 29.5 Å². The van der Waals surface area contributed by atoms with Crippen LogP contribution in [0.4, 0.5) is 0 Å². The van der Waals surface area contributed by atoms with Crippen LogP contribution in [0.3, 0.4) is 0 Å². The molecule has 1 heterocycles. The summed E-state index contributed by atoms with van der Waals surface area (Å²) in [5, 5.41) is 0.